The summed E-state index contributed by atoms with van der Waals surface area (Å²) >= 11 is -1.22. The second-order valence-corrected chi connectivity index (χ2v) is 10.3. The Labute approximate surface area is 222 Å². The molecule has 5 aromatic rings. The van der Waals surface area contributed by atoms with Crippen LogP contribution in [-0.2, 0) is 17.7 Å². The van der Waals surface area contributed by atoms with Crippen LogP contribution in [0.1, 0.15) is 10.5 Å². The summed E-state index contributed by atoms with van der Waals surface area (Å²) in [5, 5.41) is 10.0. The van der Waals surface area contributed by atoms with E-state index in [0.717, 1.165) is 12.1 Å². The molecule has 0 aliphatic rings. The number of rotatable bonds is 5. The predicted molar refractivity (Wildman–Crippen MR) is 127 cm³/mol. The van der Waals surface area contributed by atoms with Crippen molar-refractivity contribution >= 4 is 14.4 Å². The molecule has 0 spiro atoms. The van der Waals surface area contributed by atoms with Crippen LogP contribution in [0.4, 0.5) is 17.6 Å². The molecule has 0 aliphatic carbocycles. The van der Waals surface area contributed by atoms with Crippen LogP contribution in [0.15, 0.2) is 97.5 Å². The maximum absolute atomic E-state index is 14.3. The average Bonchev–Trinajstić information content (AvgIpc) is 2.91. The van der Waals surface area contributed by atoms with Crippen molar-refractivity contribution in [2.24, 2.45) is 0 Å². The number of halogens is 4. The summed E-state index contributed by atoms with van der Waals surface area (Å²) in [6, 6.07) is 18.2. The molecule has 0 N–H and O–H groups in total. The van der Waals surface area contributed by atoms with Crippen molar-refractivity contribution < 1.29 is 45.2 Å². The Kier molecular flexibility index (Phi) is 8.68. The van der Waals surface area contributed by atoms with Crippen molar-refractivity contribution in [2.75, 3.05) is 0 Å². The van der Waals surface area contributed by atoms with Crippen LogP contribution in [0.25, 0.3) is 22.3 Å². The summed E-state index contributed by atoms with van der Waals surface area (Å²) in [5.74, 6) is -3.93. The number of benzene rings is 2. The fourth-order valence-corrected chi connectivity index (χ4v) is 6.15. The van der Waals surface area contributed by atoms with Crippen LogP contribution in [0.3, 0.4) is 0 Å². The Morgan fingerprint density at radius 2 is 1.11 bits per heavy atom. The molecule has 0 atom stereocenters. The Bertz CT molecular complexity index is 1490. The molecule has 10 heteroatoms. The number of pyridine rings is 3. The van der Waals surface area contributed by atoms with Crippen LogP contribution < -0.4 is 13.5 Å². The van der Waals surface area contributed by atoms with Gasteiger partial charge in [-0.1, -0.05) is 6.07 Å². The van der Waals surface area contributed by atoms with Gasteiger partial charge in [0.25, 0.3) is 0 Å². The van der Waals surface area contributed by atoms with Gasteiger partial charge in [-0.25, -0.2) is 0 Å². The van der Waals surface area contributed by atoms with Crippen molar-refractivity contribution in [3.8, 4) is 22.3 Å². The van der Waals surface area contributed by atoms with E-state index in [1.54, 1.807) is 48.8 Å². The van der Waals surface area contributed by atoms with Crippen molar-refractivity contribution in [2.45, 2.75) is 0 Å². The molecule has 2 aromatic carbocycles. The zero-order valence-electron chi connectivity index (χ0n) is 19.2. The summed E-state index contributed by atoms with van der Waals surface area (Å²) in [6.07, 6.45) is 4.58. The first-order valence-electron chi connectivity index (χ1n) is 10.9. The molecule has 3 heterocycles. The number of carbonyl (C=O) groups excluding carboxylic acids is 1. The van der Waals surface area contributed by atoms with Crippen molar-refractivity contribution in [1.29, 1.82) is 0 Å². The van der Waals surface area contributed by atoms with Crippen LogP contribution in [-0.4, -0.2) is 20.9 Å². The SMILES string of the molecule is Fc1ccc(-c2cccn[c]2[Ir+][c]2ncccc2-c2ccc(F)cc2F)c(F)c1.O=C([O-])c1ccccn1. The van der Waals surface area contributed by atoms with Crippen LogP contribution in [0.5, 0.6) is 0 Å². The van der Waals surface area contributed by atoms with Gasteiger partial charge in [-0.3, -0.25) is 4.98 Å². The van der Waals surface area contributed by atoms with Crippen LogP contribution in [0, 0.1) is 23.3 Å². The maximum atomic E-state index is 14.3. The van der Waals surface area contributed by atoms with Crippen molar-refractivity contribution in [1.82, 2.24) is 15.0 Å². The van der Waals surface area contributed by atoms with Gasteiger partial charge in [-0.05, 0) is 12.1 Å². The topological polar surface area (TPSA) is 78.8 Å². The summed E-state index contributed by atoms with van der Waals surface area (Å²) < 4.78 is 56.5. The predicted octanol–water partition coefficient (Wildman–Crippen LogP) is 3.85. The second kappa shape index (κ2) is 12.3. The van der Waals surface area contributed by atoms with Crippen LogP contribution in [0.2, 0.25) is 0 Å². The Balaban J connectivity index is 0.000000317. The molecule has 0 saturated heterocycles. The standard InChI is InChI=1S/2C11H6F2N.C6H5NO2.Ir/c2*12-9-3-4-10(11(13)6-9)8-2-1-5-14-7-8;8-6(9)5-3-1-2-4-7-5;/h2*1-6H;1-4H,(H,8,9);/q;;;+1/p-1. The van der Waals surface area contributed by atoms with E-state index in [9.17, 15) is 27.5 Å². The average molecular weight is 695 g/mol. The molecule has 3 aromatic heterocycles. The molecule has 0 fully saturated rings. The quantitative estimate of drug-likeness (QED) is 0.262. The summed E-state index contributed by atoms with van der Waals surface area (Å²) in [4.78, 5) is 22.3. The summed E-state index contributed by atoms with van der Waals surface area (Å²) in [6.45, 7) is 0. The molecule has 38 heavy (non-hydrogen) atoms. The molecular formula is C28H16F4IrN3O2. The van der Waals surface area contributed by atoms with Crippen molar-refractivity contribution in [3.05, 3.63) is 126 Å². The molecule has 0 amide bonds. The molecule has 0 unspecified atom stereocenters. The molecule has 5 rings (SSSR count). The van der Waals surface area contributed by atoms with Gasteiger partial charge in [0.15, 0.2) is 0 Å². The van der Waals surface area contributed by atoms with Gasteiger partial charge in [0.1, 0.15) is 0 Å². The number of carboxylic acid groups (broad SMARTS) is 1. The Morgan fingerprint density at radius 3 is 1.50 bits per heavy atom. The van der Waals surface area contributed by atoms with Gasteiger partial charge in [0, 0.05) is 6.20 Å². The summed E-state index contributed by atoms with van der Waals surface area (Å²) in [7, 11) is 0. The van der Waals surface area contributed by atoms with E-state index in [2.05, 4.69) is 15.0 Å². The van der Waals surface area contributed by atoms with E-state index < -0.39 is 46.9 Å². The molecule has 0 saturated carbocycles. The number of aromatic carboxylic acids is 1. The molecule has 0 bridgehead atoms. The normalized spacial score (nSPS) is 10.5. The minimum absolute atomic E-state index is 0.0301. The molecule has 0 aliphatic heterocycles. The first kappa shape index (κ1) is 26.8. The Hall–Kier alpha value is -4.27. The zero-order chi connectivity index (χ0) is 27.1. The molecular weight excluding hydrogens is 679 g/mol. The largest absolute Gasteiger partial charge is 0.543 e. The first-order valence-corrected chi connectivity index (χ1v) is 13.3. The maximum Gasteiger partial charge on any atom is 0.0899 e. The first-order chi connectivity index (χ1) is 18.3. The minimum atomic E-state index is -1.24. The van der Waals surface area contributed by atoms with E-state index >= 15 is 0 Å². The fourth-order valence-electron chi connectivity index (χ4n) is 3.25. The monoisotopic (exact) mass is 695 g/mol. The van der Waals surface area contributed by atoms with Gasteiger partial charge < -0.3 is 9.90 Å². The van der Waals surface area contributed by atoms with Gasteiger partial charge in [-0.2, -0.15) is 0 Å². The number of hydrogen-bond acceptors (Lipinski definition) is 5. The minimum Gasteiger partial charge on any atom is -0.543 e. The summed E-state index contributed by atoms with van der Waals surface area (Å²) in [5.41, 5.74) is 1.53. The van der Waals surface area contributed by atoms with Crippen LogP contribution >= 0.6 is 0 Å². The third-order valence-corrected chi connectivity index (χ3v) is 8.00. The number of hydrogen-bond donors (Lipinski definition) is 0. The third kappa shape index (κ3) is 6.53. The molecule has 192 valence electrons. The van der Waals surface area contributed by atoms with Gasteiger partial charge in [0.2, 0.25) is 0 Å². The molecule has 0 radical (unpaired) electrons. The number of nitrogens with zero attached hydrogens (tertiary/aromatic N) is 3. The van der Waals surface area contributed by atoms with E-state index in [1.807, 2.05) is 0 Å². The number of carboxylic acids is 1. The third-order valence-electron chi connectivity index (χ3n) is 4.96. The smallest absolute Gasteiger partial charge is 0.0899 e. The van der Waals surface area contributed by atoms with E-state index in [-0.39, 0.29) is 16.8 Å². The van der Waals surface area contributed by atoms with E-state index in [4.69, 9.17) is 0 Å². The van der Waals surface area contributed by atoms with Gasteiger partial charge >= 0.3 is 172 Å². The zero-order valence-corrected chi connectivity index (χ0v) is 21.6. The van der Waals surface area contributed by atoms with Crippen molar-refractivity contribution in [3.63, 3.8) is 0 Å². The number of carbonyl (C=O) groups is 1. The number of aromatic nitrogens is 3. The van der Waals surface area contributed by atoms with E-state index in [0.29, 0.717) is 19.5 Å². The van der Waals surface area contributed by atoms with Gasteiger partial charge in [-0.15, -0.1) is 0 Å². The fraction of sp³-hybridized carbons (Fsp3) is 0. The van der Waals surface area contributed by atoms with E-state index in [1.165, 1.54) is 36.5 Å². The molecule has 5 nitrogen and oxygen atoms in total. The Morgan fingerprint density at radius 1 is 0.605 bits per heavy atom. The van der Waals surface area contributed by atoms with Gasteiger partial charge in [0.05, 0.1) is 11.7 Å². The second-order valence-electron chi connectivity index (χ2n) is 7.48.